The van der Waals surface area contributed by atoms with Crippen molar-refractivity contribution in [1.82, 2.24) is 4.72 Å². The van der Waals surface area contributed by atoms with Gasteiger partial charge >= 0.3 is 5.97 Å². The average Bonchev–Trinajstić information content (AvgIpc) is 2.29. The molecule has 6 nitrogen and oxygen atoms in total. The van der Waals surface area contributed by atoms with Crippen molar-refractivity contribution >= 4 is 31.9 Å². The zero-order chi connectivity index (χ0) is 13.8. The van der Waals surface area contributed by atoms with Crippen LogP contribution in [0.1, 0.15) is 10.4 Å². The Hall–Kier alpha value is -0.960. The maximum Gasteiger partial charge on any atom is 0.335 e. The van der Waals surface area contributed by atoms with Crippen molar-refractivity contribution in [3.05, 3.63) is 28.2 Å². The summed E-state index contributed by atoms with van der Waals surface area (Å²) in [7, 11) is -2.31. The molecule has 8 heteroatoms. The van der Waals surface area contributed by atoms with Crippen LogP contribution in [0.3, 0.4) is 0 Å². The molecule has 0 radical (unpaired) electrons. The molecule has 0 unspecified atom stereocenters. The molecule has 0 heterocycles. The van der Waals surface area contributed by atoms with E-state index in [9.17, 15) is 13.2 Å². The smallest absolute Gasteiger partial charge is 0.335 e. The fraction of sp³-hybridized carbons (Fsp3) is 0.300. The second kappa shape index (κ2) is 6.28. The highest BCUT2D eigenvalue weighted by atomic mass is 79.9. The lowest BCUT2D eigenvalue weighted by molar-refractivity contribution is 0.0696. The standard InChI is InChI=1S/C10H12BrNO5S/c1-17-5-4-12-18(15,16)9-6-7(10(13)14)2-3-8(9)11/h2-3,6,12H,4-5H2,1H3,(H,13,14). The van der Waals surface area contributed by atoms with Gasteiger partial charge in [0.25, 0.3) is 0 Å². The van der Waals surface area contributed by atoms with Crippen LogP contribution in [-0.4, -0.2) is 39.8 Å². The van der Waals surface area contributed by atoms with Gasteiger partial charge in [-0.05, 0) is 34.1 Å². The van der Waals surface area contributed by atoms with E-state index in [0.717, 1.165) is 6.07 Å². The number of halogens is 1. The van der Waals surface area contributed by atoms with Crippen LogP contribution in [0.15, 0.2) is 27.6 Å². The third-order valence-corrected chi connectivity index (χ3v) is 4.52. The molecule has 0 saturated carbocycles. The molecule has 0 aromatic heterocycles. The lowest BCUT2D eigenvalue weighted by Gasteiger charge is -2.08. The van der Waals surface area contributed by atoms with E-state index in [1.54, 1.807) is 0 Å². The largest absolute Gasteiger partial charge is 0.478 e. The highest BCUT2D eigenvalue weighted by molar-refractivity contribution is 9.10. The van der Waals surface area contributed by atoms with Crippen LogP contribution in [0.5, 0.6) is 0 Å². The Bertz CT molecular complexity index is 543. The first-order chi connectivity index (χ1) is 8.38. The van der Waals surface area contributed by atoms with Gasteiger partial charge in [0.05, 0.1) is 17.1 Å². The van der Waals surface area contributed by atoms with Gasteiger partial charge in [0.15, 0.2) is 0 Å². The summed E-state index contributed by atoms with van der Waals surface area (Å²) in [4.78, 5) is 10.7. The third kappa shape index (κ3) is 3.77. The van der Waals surface area contributed by atoms with Crippen LogP contribution < -0.4 is 4.72 Å². The molecule has 0 fully saturated rings. The molecule has 1 rings (SSSR count). The summed E-state index contributed by atoms with van der Waals surface area (Å²) in [5, 5.41) is 8.83. The minimum atomic E-state index is -3.76. The van der Waals surface area contributed by atoms with E-state index < -0.39 is 16.0 Å². The number of nitrogens with one attached hydrogen (secondary N) is 1. The predicted octanol–water partition coefficient (Wildman–Crippen LogP) is 1.07. The molecule has 0 spiro atoms. The van der Waals surface area contributed by atoms with E-state index in [0.29, 0.717) is 4.47 Å². The molecule has 0 amide bonds. The number of hydrogen-bond donors (Lipinski definition) is 2. The van der Waals surface area contributed by atoms with E-state index >= 15 is 0 Å². The average molecular weight is 338 g/mol. The van der Waals surface area contributed by atoms with Crippen molar-refractivity contribution in [2.24, 2.45) is 0 Å². The summed E-state index contributed by atoms with van der Waals surface area (Å²) in [6, 6.07) is 3.80. The van der Waals surface area contributed by atoms with Crippen molar-refractivity contribution < 1.29 is 23.1 Å². The fourth-order valence-corrected chi connectivity index (χ4v) is 3.20. The van der Waals surface area contributed by atoms with Crippen LogP contribution in [0, 0.1) is 0 Å². The Kier molecular flexibility index (Phi) is 5.27. The minimum absolute atomic E-state index is 0.0923. The third-order valence-electron chi connectivity index (χ3n) is 2.07. The number of carbonyl (C=O) groups is 1. The van der Waals surface area contributed by atoms with Gasteiger partial charge in [0.2, 0.25) is 10.0 Å². The number of carboxylic acid groups (broad SMARTS) is 1. The second-order valence-electron chi connectivity index (χ2n) is 3.34. The lowest BCUT2D eigenvalue weighted by atomic mass is 10.2. The molecule has 1 aromatic rings. The van der Waals surface area contributed by atoms with Gasteiger partial charge < -0.3 is 9.84 Å². The Morgan fingerprint density at radius 1 is 1.50 bits per heavy atom. The number of benzene rings is 1. The summed E-state index contributed by atoms with van der Waals surface area (Å²) in [5.74, 6) is -1.18. The first kappa shape index (κ1) is 15.1. The SMILES string of the molecule is COCCNS(=O)(=O)c1cc(C(=O)O)ccc1Br. The van der Waals surface area contributed by atoms with Crippen LogP contribution >= 0.6 is 15.9 Å². The zero-order valence-corrected chi connectivity index (χ0v) is 11.9. The van der Waals surface area contributed by atoms with Gasteiger partial charge in [0.1, 0.15) is 0 Å². The highest BCUT2D eigenvalue weighted by Crippen LogP contribution is 2.23. The molecular weight excluding hydrogens is 326 g/mol. The minimum Gasteiger partial charge on any atom is -0.478 e. The summed E-state index contributed by atoms with van der Waals surface area (Å²) in [6.07, 6.45) is 0. The Labute approximate surface area is 113 Å². The summed E-state index contributed by atoms with van der Waals surface area (Å²) in [6.45, 7) is 0.345. The van der Waals surface area contributed by atoms with Gasteiger partial charge in [-0.2, -0.15) is 0 Å². The van der Waals surface area contributed by atoms with Crippen LogP contribution in [-0.2, 0) is 14.8 Å². The molecular formula is C10H12BrNO5S. The monoisotopic (exact) mass is 337 g/mol. The van der Waals surface area contributed by atoms with E-state index in [1.807, 2.05) is 0 Å². The number of rotatable bonds is 6. The molecule has 1 aromatic carbocycles. The lowest BCUT2D eigenvalue weighted by Crippen LogP contribution is -2.27. The number of ether oxygens (including phenoxy) is 1. The Morgan fingerprint density at radius 3 is 2.72 bits per heavy atom. The number of methoxy groups -OCH3 is 1. The molecule has 0 bridgehead atoms. The Morgan fingerprint density at radius 2 is 2.17 bits per heavy atom. The van der Waals surface area contributed by atoms with Crippen LogP contribution in [0.25, 0.3) is 0 Å². The quantitative estimate of drug-likeness (QED) is 0.757. The van der Waals surface area contributed by atoms with Gasteiger partial charge in [-0.25, -0.2) is 17.9 Å². The molecule has 0 aliphatic carbocycles. The molecule has 18 heavy (non-hydrogen) atoms. The van der Waals surface area contributed by atoms with Gasteiger partial charge in [-0.1, -0.05) is 0 Å². The number of sulfonamides is 1. The van der Waals surface area contributed by atoms with E-state index in [4.69, 9.17) is 9.84 Å². The Balaban J connectivity index is 3.07. The van der Waals surface area contributed by atoms with Crippen LogP contribution in [0.4, 0.5) is 0 Å². The summed E-state index contributed by atoms with van der Waals surface area (Å²) < 4.78 is 31.2. The van der Waals surface area contributed by atoms with E-state index in [2.05, 4.69) is 20.7 Å². The zero-order valence-electron chi connectivity index (χ0n) is 9.51. The van der Waals surface area contributed by atoms with Crippen molar-refractivity contribution in [1.29, 1.82) is 0 Å². The maximum absolute atomic E-state index is 11.9. The van der Waals surface area contributed by atoms with Crippen LogP contribution in [0.2, 0.25) is 0 Å². The van der Waals surface area contributed by atoms with Crippen molar-refractivity contribution in [3.63, 3.8) is 0 Å². The number of hydrogen-bond acceptors (Lipinski definition) is 4. The summed E-state index contributed by atoms with van der Waals surface area (Å²) >= 11 is 3.08. The van der Waals surface area contributed by atoms with Crippen molar-refractivity contribution in [2.45, 2.75) is 4.90 Å². The predicted molar refractivity (Wildman–Crippen MR) is 68.2 cm³/mol. The second-order valence-corrected chi connectivity index (χ2v) is 5.93. The van der Waals surface area contributed by atoms with Gasteiger partial charge in [0, 0.05) is 18.1 Å². The molecule has 0 atom stereocenters. The maximum atomic E-state index is 11.9. The molecule has 0 saturated heterocycles. The first-order valence-electron chi connectivity index (χ1n) is 4.90. The molecule has 2 N–H and O–H groups in total. The number of carboxylic acids is 1. The van der Waals surface area contributed by atoms with Crippen molar-refractivity contribution in [3.8, 4) is 0 Å². The van der Waals surface area contributed by atoms with E-state index in [1.165, 1.54) is 19.2 Å². The molecule has 0 aliphatic rings. The normalized spacial score (nSPS) is 11.4. The highest BCUT2D eigenvalue weighted by Gasteiger charge is 2.19. The van der Waals surface area contributed by atoms with Crippen molar-refractivity contribution in [2.75, 3.05) is 20.3 Å². The topological polar surface area (TPSA) is 92.7 Å². The van der Waals surface area contributed by atoms with E-state index in [-0.39, 0.29) is 23.6 Å². The first-order valence-corrected chi connectivity index (χ1v) is 7.17. The molecule has 0 aliphatic heterocycles. The fourth-order valence-electron chi connectivity index (χ4n) is 1.20. The van der Waals surface area contributed by atoms with Gasteiger partial charge in [-0.15, -0.1) is 0 Å². The molecule has 100 valence electrons. The summed E-state index contributed by atoms with van der Waals surface area (Å²) in [5.41, 5.74) is -0.0923. The van der Waals surface area contributed by atoms with Gasteiger partial charge in [-0.3, -0.25) is 0 Å². The number of aromatic carboxylic acids is 1.